The van der Waals surface area contributed by atoms with Crippen molar-refractivity contribution in [2.75, 3.05) is 13.6 Å². The quantitative estimate of drug-likeness (QED) is 0.843. The third-order valence-corrected chi connectivity index (χ3v) is 3.92. The summed E-state index contributed by atoms with van der Waals surface area (Å²) < 4.78 is 13.2. The van der Waals surface area contributed by atoms with Gasteiger partial charge in [0, 0.05) is 0 Å². The molecule has 0 bridgehead atoms. The van der Waals surface area contributed by atoms with Crippen molar-refractivity contribution in [2.45, 2.75) is 32.1 Å². The van der Waals surface area contributed by atoms with E-state index in [4.69, 9.17) is 0 Å². The molecule has 0 heterocycles. The van der Waals surface area contributed by atoms with Crippen molar-refractivity contribution in [1.29, 1.82) is 0 Å². The van der Waals surface area contributed by atoms with Crippen LogP contribution in [0.1, 0.15) is 31.2 Å². The Bertz CT molecular complexity index is 349. The molecule has 2 atom stereocenters. The van der Waals surface area contributed by atoms with Crippen molar-refractivity contribution in [3.05, 3.63) is 35.6 Å². The summed E-state index contributed by atoms with van der Waals surface area (Å²) in [7, 11) is 2.02. The summed E-state index contributed by atoms with van der Waals surface area (Å²) in [4.78, 5) is 0. The van der Waals surface area contributed by atoms with Gasteiger partial charge in [0.25, 0.3) is 0 Å². The SMILES string of the molecule is CNCC1CCCCC1Cc1cccc(F)c1. The van der Waals surface area contributed by atoms with E-state index in [1.165, 1.54) is 31.7 Å². The predicted molar refractivity (Wildman–Crippen MR) is 69.5 cm³/mol. The van der Waals surface area contributed by atoms with E-state index < -0.39 is 0 Å². The fourth-order valence-corrected chi connectivity index (χ4v) is 3.05. The Morgan fingerprint density at radius 1 is 1.24 bits per heavy atom. The second-order valence-electron chi connectivity index (χ2n) is 5.20. The Kier molecular flexibility index (Phi) is 4.55. The molecule has 1 N–H and O–H groups in total. The third-order valence-electron chi connectivity index (χ3n) is 3.92. The van der Waals surface area contributed by atoms with Crippen LogP contribution in [0, 0.1) is 17.7 Å². The van der Waals surface area contributed by atoms with Gasteiger partial charge in [-0.25, -0.2) is 4.39 Å². The van der Waals surface area contributed by atoms with E-state index in [0.717, 1.165) is 30.4 Å². The number of nitrogens with one attached hydrogen (secondary N) is 1. The summed E-state index contributed by atoms with van der Waals surface area (Å²) in [6.45, 7) is 1.10. The van der Waals surface area contributed by atoms with Gasteiger partial charge in [-0.3, -0.25) is 0 Å². The molecule has 94 valence electrons. The number of hydrogen-bond donors (Lipinski definition) is 1. The zero-order valence-electron chi connectivity index (χ0n) is 10.6. The molecule has 2 heteroatoms. The second kappa shape index (κ2) is 6.15. The molecule has 1 fully saturated rings. The Hall–Kier alpha value is -0.890. The van der Waals surface area contributed by atoms with Crippen LogP contribution in [0.25, 0.3) is 0 Å². The Labute approximate surface area is 103 Å². The first kappa shape index (κ1) is 12.6. The van der Waals surface area contributed by atoms with E-state index in [0.29, 0.717) is 0 Å². The lowest BCUT2D eigenvalue weighted by Gasteiger charge is -2.31. The minimum absolute atomic E-state index is 0.108. The topological polar surface area (TPSA) is 12.0 Å². The molecule has 17 heavy (non-hydrogen) atoms. The van der Waals surface area contributed by atoms with Crippen molar-refractivity contribution in [3.8, 4) is 0 Å². The van der Waals surface area contributed by atoms with E-state index in [2.05, 4.69) is 5.32 Å². The first-order chi connectivity index (χ1) is 8.29. The smallest absolute Gasteiger partial charge is 0.123 e. The van der Waals surface area contributed by atoms with Crippen LogP contribution < -0.4 is 5.32 Å². The van der Waals surface area contributed by atoms with Gasteiger partial charge in [0.05, 0.1) is 0 Å². The zero-order valence-corrected chi connectivity index (χ0v) is 10.6. The molecule has 0 radical (unpaired) electrons. The van der Waals surface area contributed by atoms with Gasteiger partial charge in [-0.1, -0.05) is 25.0 Å². The molecule has 1 aliphatic carbocycles. The fraction of sp³-hybridized carbons (Fsp3) is 0.600. The highest BCUT2D eigenvalue weighted by Gasteiger charge is 2.24. The average Bonchev–Trinajstić information content (AvgIpc) is 2.32. The first-order valence-corrected chi connectivity index (χ1v) is 6.68. The van der Waals surface area contributed by atoms with Gasteiger partial charge in [0.1, 0.15) is 5.82 Å². The molecular weight excluding hydrogens is 213 g/mol. The molecular formula is C15H22FN. The van der Waals surface area contributed by atoms with Crippen molar-refractivity contribution >= 4 is 0 Å². The molecule has 0 aliphatic heterocycles. The average molecular weight is 235 g/mol. The van der Waals surface area contributed by atoms with Crippen LogP contribution >= 0.6 is 0 Å². The van der Waals surface area contributed by atoms with E-state index >= 15 is 0 Å². The Balaban J connectivity index is 2.00. The van der Waals surface area contributed by atoms with Crippen LogP contribution in [0.3, 0.4) is 0 Å². The van der Waals surface area contributed by atoms with Crippen molar-refractivity contribution in [3.63, 3.8) is 0 Å². The Morgan fingerprint density at radius 3 is 2.71 bits per heavy atom. The van der Waals surface area contributed by atoms with Crippen LogP contribution in [0.4, 0.5) is 4.39 Å². The molecule has 2 unspecified atom stereocenters. The normalized spacial score (nSPS) is 24.8. The lowest BCUT2D eigenvalue weighted by Crippen LogP contribution is -2.30. The molecule has 0 aromatic heterocycles. The van der Waals surface area contributed by atoms with E-state index in [1.807, 2.05) is 19.2 Å². The predicted octanol–water partition coefficient (Wildman–Crippen LogP) is 3.39. The summed E-state index contributed by atoms with van der Waals surface area (Å²) in [6, 6.07) is 7.08. The highest BCUT2D eigenvalue weighted by molar-refractivity contribution is 5.17. The standard InChI is InChI=1S/C15H22FN/c1-17-11-14-7-3-2-6-13(14)9-12-5-4-8-15(16)10-12/h4-5,8,10,13-14,17H,2-3,6-7,9,11H2,1H3. The number of benzene rings is 1. The summed E-state index contributed by atoms with van der Waals surface area (Å²) in [5.41, 5.74) is 1.15. The zero-order chi connectivity index (χ0) is 12.1. The van der Waals surface area contributed by atoms with Gasteiger partial charge in [-0.15, -0.1) is 0 Å². The van der Waals surface area contributed by atoms with Gasteiger partial charge in [-0.05, 0) is 62.4 Å². The van der Waals surface area contributed by atoms with Gasteiger partial charge in [0.15, 0.2) is 0 Å². The van der Waals surface area contributed by atoms with Crippen LogP contribution in [-0.2, 0) is 6.42 Å². The molecule has 0 spiro atoms. The van der Waals surface area contributed by atoms with Crippen LogP contribution in [0.15, 0.2) is 24.3 Å². The number of halogens is 1. The lowest BCUT2D eigenvalue weighted by atomic mass is 9.76. The maximum atomic E-state index is 13.2. The summed E-state index contributed by atoms with van der Waals surface area (Å²) in [5, 5.41) is 3.29. The third kappa shape index (κ3) is 3.53. The van der Waals surface area contributed by atoms with Crippen molar-refractivity contribution in [2.24, 2.45) is 11.8 Å². The minimum Gasteiger partial charge on any atom is -0.319 e. The molecule has 0 amide bonds. The highest BCUT2D eigenvalue weighted by Crippen LogP contribution is 2.32. The number of hydrogen-bond acceptors (Lipinski definition) is 1. The summed E-state index contributed by atoms with van der Waals surface area (Å²) in [5.74, 6) is 1.37. The second-order valence-corrected chi connectivity index (χ2v) is 5.20. The molecule has 2 rings (SSSR count). The fourth-order valence-electron chi connectivity index (χ4n) is 3.05. The molecule has 1 aromatic rings. The van der Waals surface area contributed by atoms with E-state index in [-0.39, 0.29) is 5.82 Å². The summed E-state index contributed by atoms with van der Waals surface area (Å²) in [6.07, 6.45) is 6.33. The Morgan fingerprint density at radius 2 is 2.00 bits per heavy atom. The molecule has 1 saturated carbocycles. The summed E-state index contributed by atoms with van der Waals surface area (Å²) >= 11 is 0. The van der Waals surface area contributed by atoms with Crippen LogP contribution in [0.2, 0.25) is 0 Å². The number of rotatable bonds is 4. The van der Waals surface area contributed by atoms with Gasteiger partial charge in [0.2, 0.25) is 0 Å². The van der Waals surface area contributed by atoms with Crippen molar-refractivity contribution < 1.29 is 4.39 Å². The molecule has 1 aromatic carbocycles. The minimum atomic E-state index is -0.108. The monoisotopic (exact) mass is 235 g/mol. The van der Waals surface area contributed by atoms with Gasteiger partial charge < -0.3 is 5.32 Å². The first-order valence-electron chi connectivity index (χ1n) is 6.68. The van der Waals surface area contributed by atoms with E-state index in [1.54, 1.807) is 6.07 Å². The molecule has 1 nitrogen and oxygen atoms in total. The van der Waals surface area contributed by atoms with Crippen LogP contribution in [0.5, 0.6) is 0 Å². The van der Waals surface area contributed by atoms with Crippen LogP contribution in [-0.4, -0.2) is 13.6 Å². The van der Waals surface area contributed by atoms with Crippen molar-refractivity contribution in [1.82, 2.24) is 5.32 Å². The maximum Gasteiger partial charge on any atom is 0.123 e. The lowest BCUT2D eigenvalue weighted by molar-refractivity contribution is 0.232. The molecule has 1 aliphatic rings. The largest absolute Gasteiger partial charge is 0.319 e. The highest BCUT2D eigenvalue weighted by atomic mass is 19.1. The van der Waals surface area contributed by atoms with Gasteiger partial charge >= 0.3 is 0 Å². The molecule has 0 saturated heterocycles. The van der Waals surface area contributed by atoms with Gasteiger partial charge in [-0.2, -0.15) is 0 Å². The van der Waals surface area contributed by atoms with E-state index in [9.17, 15) is 4.39 Å². The maximum absolute atomic E-state index is 13.2.